The van der Waals surface area contributed by atoms with Gasteiger partial charge in [-0.25, -0.2) is 9.18 Å². The van der Waals surface area contributed by atoms with Crippen LogP contribution in [0.2, 0.25) is 0 Å². The Bertz CT molecular complexity index is 390. The second-order valence-corrected chi connectivity index (χ2v) is 2.78. The smallest absolute Gasteiger partial charge is 0.337 e. The third-order valence-electron chi connectivity index (χ3n) is 1.81. The van der Waals surface area contributed by atoms with Crippen LogP contribution in [0.1, 0.15) is 11.7 Å². The molecule has 0 heterocycles. The zero-order valence-corrected chi connectivity index (χ0v) is 7.77. The Balaban J connectivity index is 3.32. The number of carboxylic acid groups (broad SMARTS) is 1. The molecule has 0 saturated carbocycles. The first kappa shape index (κ1) is 11.3. The molecule has 0 aliphatic rings. The predicted octanol–water partition coefficient (Wildman–Crippen LogP) is 0.658. The Morgan fingerprint density at radius 3 is 2.60 bits per heavy atom. The number of phenolic OH excluding ortho intramolecular Hbond substituents is 1. The summed E-state index contributed by atoms with van der Waals surface area (Å²) in [7, 11) is 1.17. The minimum atomic E-state index is -1.96. The molecule has 1 aromatic carbocycles. The number of hydrogen-bond acceptors (Lipinski definition) is 4. The first-order valence-corrected chi connectivity index (χ1v) is 3.94. The second-order valence-electron chi connectivity index (χ2n) is 2.78. The molecule has 0 fully saturated rings. The largest absolute Gasteiger partial charge is 0.507 e. The van der Waals surface area contributed by atoms with Gasteiger partial charge in [-0.1, -0.05) is 0 Å². The van der Waals surface area contributed by atoms with Crippen molar-refractivity contribution in [3.63, 3.8) is 0 Å². The molecule has 0 amide bonds. The number of aliphatic hydroxyl groups excluding tert-OH is 1. The van der Waals surface area contributed by atoms with E-state index in [1.54, 1.807) is 0 Å². The zero-order chi connectivity index (χ0) is 11.6. The predicted molar refractivity (Wildman–Crippen MR) is 47.2 cm³/mol. The van der Waals surface area contributed by atoms with Crippen molar-refractivity contribution in [3.05, 3.63) is 23.5 Å². The fraction of sp³-hybridized carbons (Fsp3) is 0.222. The molecule has 0 saturated heterocycles. The van der Waals surface area contributed by atoms with E-state index >= 15 is 0 Å². The van der Waals surface area contributed by atoms with E-state index in [4.69, 9.17) is 5.11 Å². The van der Waals surface area contributed by atoms with Crippen LogP contribution in [0, 0.1) is 5.82 Å². The van der Waals surface area contributed by atoms with Crippen LogP contribution in [0.25, 0.3) is 0 Å². The SMILES string of the molecule is COc1cc(F)cc(O)c1C(O)C(=O)O. The molecule has 6 heteroatoms. The number of rotatable bonds is 3. The van der Waals surface area contributed by atoms with Gasteiger partial charge in [0.15, 0.2) is 6.10 Å². The molecular weight excluding hydrogens is 207 g/mol. The highest BCUT2D eigenvalue weighted by molar-refractivity contribution is 5.76. The first-order valence-electron chi connectivity index (χ1n) is 3.94. The van der Waals surface area contributed by atoms with E-state index in [0.29, 0.717) is 6.07 Å². The van der Waals surface area contributed by atoms with Gasteiger partial charge in [-0.15, -0.1) is 0 Å². The lowest BCUT2D eigenvalue weighted by Gasteiger charge is -2.12. The number of ether oxygens (including phenoxy) is 1. The van der Waals surface area contributed by atoms with Crippen LogP contribution in [0.4, 0.5) is 4.39 Å². The van der Waals surface area contributed by atoms with Gasteiger partial charge in [0, 0.05) is 12.1 Å². The molecule has 15 heavy (non-hydrogen) atoms. The number of carbonyl (C=O) groups is 1. The minimum absolute atomic E-state index is 0.220. The molecule has 5 nitrogen and oxygen atoms in total. The summed E-state index contributed by atoms with van der Waals surface area (Å²) in [6.07, 6.45) is -1.96. The summed E-state index contributed by atoms with van der Waals surface area (Å²) in [4.78, 5) is 10.5. The topological polar surface area (TPSA) is 87.0 Å². The van der Waals surface area contributed by atoms with Crippen LogP contribution < -0.4 is 4.74 Å². The van der Waals surface area contributed by atoms with Crippen LogP contribution >= 0.6 is 0 Å². The molecule has 1 aromatic rings. The number of hydrogen-bond donors (Lipinski definition) is 3. The minimum Gasteiger partial charge on any atom is -0.507 e. The number of halogens is 1. The number of carboxylic acids is 1. The van der Waals surface area contributed by atoms with Gasteiger partial charge in [0.1, 0.15) is 17.3 Å². The third-order valence-corrected chi connectivity index (χ3v) is 1.81. The van der Waals surface area contributed by atoms with Gasteiger partial charge in [0.25, 0.3) is 0 Å². The van der Waals surface area contributed by atoms with Crippen LogP contribution in [0.15, 0.2) is 12.1 Å². The molecule has 0 bridgehead atoms. The molecule has 1 unspecified atom stereocenters. The maximum absolute atomic E-state index is 12.8. The van der Waals surface area contributed by atoms with Crippen LogP contribution in [0.5, 0.6) is 11.5 Å². The molecule has 0 aliphatic carbocycles. The Hall–Kier alpha value is -1.82. The third kappa shape index (κ3) is 2.16. The van der Waals surface area contributed by atoms with Gasteiger partial charge in [-0.3, -0.25) is 0 Å². The average Bonchev–Trinajstić information content (AvgIpc) is 2.15. The quantitative estimate of drug-likeness (QED) is 0.690. The highest BCUT2D eigenvalue weighted by Gasteiger charge is 2.25. The lowest BCUT2D eigenvalue weighted by molar-refractivity contribution is -0.147. The first-order chi connectivity index (χ1) is 6.97. The fourth-order valence-electron chi connectivity index (χ4n) is 1.15. The van der Waals surface area contributed by atoms with Gasteiger partial charge < -0.3 is 20.1 Å². The summed E-state index contributed by atoms with van der Waals surface area (Å²) in [6.45, 7) is 0. The van der Waals surface area contributed by atoms with Gasteiger partial charge in [-0.05, 0) is 0 Å². The normalized spacial score (nSPS) is 12.2. The summed E-state index contributed by atoms with van der Waals surface area (Å²) in [5.74, 6) is -3.23. The molecule has 0 radical (unpaired) electrons. The number of phenols is 1. The molecule has 0 aromatic heterocycles. The lowest BCUT2D eigenvalue weighted by Crippen LogP contribution is -2.12. The number of aliphatic carboxylic acids is 1. The number of benzene rings is 1. The van der Waals surface area contributed by atoms with Crippen LogP contribution in [-0.2, 0) is 4.79 Å². The van der Waals surface area contributed by atoms with E-state index in [0.717, 1.165) is 6.07 Å². The van der Waals surface area contributed by atoms with E-state index in [1.807, 2.05) is 0 Å². The van der Waals surface area contributed by atoms with Crippen molar-refractivity contribution < 1.29 is 29.2 Å². The summed E-state index contributed by atoms with van der Waals surface area (Å²) in [6, 6.07) is 1.57. The van der Waals surface area contributed by atoms with Gasteiger partial charge in [-0.2, -0.15) is 0 Å². The highest BCUT2D eigenvalue weighted by atomic mass is 19.1. The number of aromatic hydroxyl groups is 1. The average molecular weight is 216 g/mol. The standard InChI is InChI=1S/C9H9FO5/c1-15-6-3-4(10)2-5(11)7(6)8(12)9(13)14/h2-3,8,11-12H,1H3,(H,13,14). The monoisotopic (exact) mass is 216 g/mol. The van der Waals surface area contributed by atoms with Crippen molar-refractivity contribution in [1.29, 1.82) is 0 Å². The van der Waals surface area contributed by atoms with Crippen molar-refractivity contribution in [2.24, 2.45) is 0 Å². The molecular formula is C9H9FO5. The molecule has 3 N–H and O–H groups in total. The Labute approximate surface area is 84.3 Å². The maximum atomic E-state index is 12.8. The summed E-state index contributed by atoms with van der Waals surface area (Å²) in [5, 5.41) is 27.0. The number of methoxy groups -OCH3 is 1. The van der Waals surface area contributed by atoms with E-state index < -0.39 is 23.6 Å². The van der Waals surface area contributed by atoms with Gasteiger partial charge >= 0.3 is 5.97 Å². The van der Waals surface area contributed by atoms with Crippen molar-refractivity contribution in [2.45, 2.75) is 6.10 Å². The molecule has 1 atom stereocenters. The van der Waals surface area contributed by atoms with E-state index in [-0.39, 0.29) is 11.3 Å². The number of aliphatic hydroxyl groups is 1. The van der Waals surface area contributed by atoms with Gasteiger partial charge in [0.2, 0.25) is 0 Å². The molecule has 82 valence electrons. The Kier molecular flexibility index (Phi) is 3.11. The Morgan fingerprint density at radius 1 is 1.53 bits per heavy atom. The summed E-state index contributed by atoms with van der Waals surface area (Å²) < 4.78 is 17.4. The summed E-state index contributed by atoms with van der Waals surface area (Å²) >= 11 is 0. The van der Waals surface area contributed by atoms with Crippen molar-refractivity contribution in [2.75, 3.05) is 7.11 Å². The van der Waals surface area contributed by atoms with Crippen LogP contribution in [0.3, 0.4) is 0 Å². The van der Waals surface area contributed by atoms with Crippen LogP contribution in [-0.4, -0.2) is 28.4 Å². The fourth-order valence-corrected chi connectivity index (χ4v) is 1.15. The van der Waals surface area contributed by atoms with E-state index in [1.165, 1.54) is 7.11 Å². The highest BCUT2D eigenvalue weighted by Crippen LogP contribution is 2.34. The van der Waals surface area contributed by atoms with E-state index in [9.17, 15) is 19.4 Å². The molecule has 0 spiro atoms. The zero-order valence-electron chi connectivity index (χ0n) is 7.77. The molecule has 1 rings (SSSR count). The van der Waals surface area contributed by atoms with Crippen molar-refractivity contribution in [1.82, 2.24) is 0 Å². The van der Waals surface area contributed by atoms with Gasteiger partial charge in [0.05, 0.1) is 12.7 Å². The van der Waals surface area contributed by atoms with Crippen molar-refractivity contribution >= 4 is 5.97 Å². The van der Waals surface area contributed by atoms with E-state index in [2.05, 4.69) is 4.74 Å². The maximum Gasteiger partial charge on any atom is 0.337 e. The molecule has 0 aliphatic heterocycles. The van der Waals surface area contributed by atoms with Crippen molar-refractivity contribution in [3.8, 4) is 11.5 Å². The second kappa shape index (κ2) is 4.14. The summed E-state index contributed by atoms with van der Waals surface area (Å²) in [5.41, 5.74) is -0.369. The Morgan fingerprint density at radius 2 is 2.13 bits per heavy atom. The lowest BCUT2D eigenvalue weighted by atomic mass is 10.1.